The maximum absolute atomic E-state index is 6.40. The van der Waals surface area contributed by atoms with Crippen molar-refractivity contribution in [1.29, 1.82) is 0 Å². The van der Waals surface area contributed by atoms with Crippen LogP contribution in [0.25, 0.3) is 106 Å². The standard InChI is InChI=1S/C54H36N4O/c1-54(2)44-20-7-3-16-42(44)49-43(19-12-21-45(49)54)53-56-51(34-27-25-33(26-28-34)37-17-11-18-41-40-15-6-10-24-48(40)59-50(37)41)55-52(57-53)35-29-31-36(32-30-35)58-46-22-8-4-13-38(46)39-14-5-9-23-47(39)58/h3-32H,1-2H3. The molecule has 1 aliphatic rings. The van der Waals surface area contributed by atoms with Crippen LogP contribution in [0.2, 0.25) is 0 Å². The molecular formula is C54H36N4O. The average Bonchev–Trinajstić information content (AvgIpc) is 3.92. The maximum Gasteiger partial charge on any atom is 0.164 e. The van der Waals surface area contributed by atoms with Gasteiger partial charge >= 0.3 is 0 Å². The lowest BCUT2D eigenvalue weighted by Gasteiger charge is -2.21. The third kappa shape index (κ3) is 5.08. The van der Waals surface area contributed by atoms with Gasteiger partial charge in [0.25, 0.3) is 0 Å². The van der Waals surface area contributed by atoms with Crippen LogP contribution in [0.15, 0.2) is 186 Å². The smallest absolute Gasteiger partial charge is 0.164 e. The Balaban J connectivity index is 1.01. The van der Waals surface area contributed by atoms with Crippen LogP contribution in [0, 0.1) is 0 Å². The van der Waals surface area contributed by atoms with Gasteiger partial charge in [0.1, 0.15) is 11.2 Å². The van der Waals surface area contributed by atoms with Crippen molar-refractivity contribution in [3.63, 3.8) is 0 Å². The Labute approximate surface area is 340 Å². The molecule has 3 heterocycles. The fraction of sp³-hybridized carbons (Fsp3) is 0.0556. The van der Waals surface area contributed by atoms with E-state index in [1.807, 2.05) is 12.1 Å². The summed E-state index contributed by atoms with van der Waals surface area (Å²) in [6, 6.07) is 64.1. The van der Waals surface area contributed by atoms with Crippen LogP contribution in [-0.4, -0.2) is 19.5 Å². The van der Waals surface area contributed by atoms with E-state index in [0.717, 1.165) is 55.4 Å². The molecule has 0 spiro atoms. The quantitative estimate of drug-likeness (QED) is 0.175. The van der Waals surface area contributed by atoms with Crippen molar-refractivity contribution < 1.29 is 4.42 Å². The van der Waals surface area contributed by atoms with Gasteiger partial charge in [-0.25, -0.2) is 15.0 Å². The van der Waals surface area contributed by atoms with Crippen LogP contribution < -0.4 is 0 Å². The molecule has 5 heteroatoms. The molecule has 278 valence electrons. The monoisotopic (exact) mass is 756 g/mol. The summed E-state index contributed by atoms with van der Waals surface area (Å²) < 4.78 is 8.73. The van der Waals surface area contributed by atoms with Crippen LogP contribution in [0.4, 0.5) is 0 Å². The van der Waals surface area contributed by atoms with Crippen molar-refractivity contribution in [1.82, 2.24) is 19.5 Å². The van der Waals surface area contributed by atoms with Crippen molar-refractivity contribution in [2.24, 2.45) is 0 Å². The van der Waals surface area contributed by atoms with Gasteiger partial charge in [-0.2, -0.15) is 0 Å². The number of aromatic nitrogens is 4. The SMILES string of the molecule is CC1(C)c2ccccc2-c2c(-c3nc(-c4ccc(-c5cccc6c5oc5ccccc56)cc4)nc(-c4ccc(-n5c6ccccc6c6ccccc65)cc4)n3)cccc21. The predicted octanol–water partition coefficient (Wildman–Crippen LogP) is 13.8. The van der Waals surface area contributed by atoms with E-state index in [2.05, 4.69) is 188 Å². The molecule has 0 radical (unpaired) electrons. The largest absolute Gasteiger partial charge is 0.455 e. The summed E-state index contributed by atoms with van der Waals surface area (Å²) in [5, 5.41) is 4.70. The van der Waals surface area contributed by atoms with Crippen LogP contribution in [0.5, 0.6) is 0 Å². The topological polar surface area (TPSA) is 56.7 Å². The number of fused-ring (bicyclic) bond motifs is 9. The van der Waals surface area contributed by atoms with E-state index in [-0.39, 0.29) is 5.41 Å². The van der Waals surface area contributed by atoms with Crippen LogP contribution >= 0.6 is 0 Å². The summed E-state index contributed by atoms with van der Waals surface area (Å²) in [5.74, 6) is 1.89. The lowest BCUT2D eigenvalue weighted by atomic mass is 9.82. The summed E-state index contributed by atoms with van der Waals surface area (Å²) in [7, 11) is 0. The van der Waals surface area contributed by atoms with Crippen molar-refractivity contribution in [3.05, 3.63) is 193 Å². The molecule has 0 aliphatic heterocycles. The minimum atomic E-state index is -0.151. The minimum Gasteiger partial charge on any atom is -0.455 e. The molecule has 0 bridgehead atoms. The highest BCUT2D eigenvalue weighted by molar-refractivity contribution is 6.10. The van der Waals surface area contributed by atoms with Crippen LogP contribution in [0.1, 0.15) is 25.0 Å². The number of nitrogens with zero attached hydrogens (tertiary/aromatic N) is 4. The van der Waals surface area contributed by atoms with E-state index in [1.165, 1.54) is 44.1 Å². The molecule has 0 saturated heterocycles. The first kappa shape index (κ1) is 33.5. The second-order valence-corrected chi connectivity index (χ2v) is 16.0. The zero-order chi connectivity index (χ0) is 39.2. The number of rotatable bonds is 5. The molecule has 1 aliphatic carbocycles. The summed E-state index contributed by atoms with van der Waals surface area (Å²) >= 11 is 0. The number of benzene rings is 8. The van der Waals surface area contributed by atoms with Gasteiger partial charge in [0.2, 0.25) is 0 Å². The Bertz CT molecular complexity index is 3410. The summed E-state index contributed by atoms with van der Waals surface area (Å²) in [6.45, 7) is 4.61. The molecule has 0 amide bonds. The second-order valence-electron chi connectivity index (χ2n) is 16.0. The molecule has 3 aromatic heterocycles. The first-order valence-corrected chi connectivity index (χ1v) is 20.1. The highest BCUT2D eigenvalue weighted by Crippen LogP contribution is 2.51. The van der Waals surface area contributed by atoms with E-state index >= 15 is 0 Å². The summed E-state index contributed by atoms with van der Waals surface area (Å²) in [4.78, 5) is 15.7. The van der Waals surface area contributed by atoms with Gasteiger partial charge in [0.05, 0.1) is 11.0 Å². The average molecular weight is 757 g/mol. The van der Waals surface area contributed by atoms with E-state index in [9.17, 15) is 0 Å². The Hall–Kier alpha value is -7.63. The molecule has 0 N–H and O–H groups in total. The zero-order valence-electron chi connectivity index (χ0n) is 32.5. The lowest BCUT2D eigenvalue weighted by Crippen LogP contribution is -2.14. The van der Waals surface area contributed by atoms with Gasteiger partial charge in [-0.1, -0.05) is 153 Å². The van der Waals surface area contributed by atoms with Crippen molar-refractivity contribution >= 4 is 43.7 Å². The Morgan fingerprint density at radius 1 is 0.407 bits per heavy atom. The van der Waals surface area contributed by atoms with E-state index in [4.69, 9.17) is 19.4 Å². The van der Waals surface area contributed by atoms with Gasteiger partial charge < -0.3 is 8.98 Å². The molecule has 0 unspecified atom stereocenters. The number of furan rings is 1. The maximum atomic E-state index is 6.40. The van der Waals surface area contributed by atoms with Crippen molar-refractivity contribution in [2.75, 3.05) is 0 Å². The Morgan fingerprint density at radius 3 is 1.64 bits per heavy atom. The molecule has 59 heavy (non-hydrogen) atoms. The first-order valence-electron chi connectivity index (χ1n) is 20.1. The fourth-order valence-electron chi connectivity index (χ4n) is 9.43. The van der Waals surface area contributed by atoms with E-state index in [0.29, 0.717) is 17.5 Å². The fourth-order valence-corrected chi connectivity index (χ4v) is 9.43. The van der Waals surface area contributed by atoms with Crippen molar-refractivity contribution in [2.45, 2.75) is 19.3 Å². The minimum absolute atomic E-state index is 0.151. The van der Waals surface area contributed by atoms with Crippen molar-refractivity contribution in [3.8, 4) is 62.1 Å². The number of hydrogen-bond acceptors (Lipinski definition) is 4. The van der Waals surface area contributed by atoms with Gasteiger partial charge in [-0.05, 0) is 70.3 Å². The number of para-hydroxylation sites is 4. The second kappa shape index (κ2) is 12.7. The summed E-state index contributed by atoms with van der Waals surface area (Å²) in [6.07, 6.45) is 0. The third-order valence-corrected chi connectivity index (χ3v) is 12.3. The van der Waals surface area contributed by atoms with E-state index in [1.54, 1.807) is 0 Å². The summed E-state index contributed by atoms with van der Waals surface area (Å²) in [5.41, 5.74) is 15.0. The molecule has 0 saturated carbocycles. The lowest BCUT2D eigenvalue weighted by molar-refractivity contribution is 0.660. The molecule has 0 atom stereocenters. The molecule has 11 aromatic rings. The van der Waals surface area contributed by atoms with Crippen LogP contribution in [-0.2, 0) is 5.41 Å². The van der Waals surface area contributed by atoms with E-state index < -0.39 is 0 Å². The highest BCUT2D eigenvalue weighted by Gasteiger charge is 2.37. The van der Waals surface area contributed by atoms with Gasteiger partial charge in [0.15, 0.2) is 17.5 Å². The van der Waals surface area contributed by atoms with Crippen LogP contribution in [0.3, 0.4) is 0 Å². The molecular weight excluding hydrogens is 721 g/mol. The van der Waals surface area contributed by atoms with Gasteiger partial charge in [-0.3, -0.25) is 0 Å². The highest BCUT2D eigenvalue weighted by atomic mass is 16.3. The number of hydrogen-bond donors (Lipinski definition) is 0. The Morgan fingerprint density at radius 2 is 0.915 bits per heavy atom. The predicted molar refractivity (Wildman–Crippen MR) is 241 cm³/mol. The third-order valence-electron chi connectivity index (χ3n) is 12.3. The molecule has 12 rings (SSSR count). The molecule has 5 nitrogen and oxygen atoms in total. The van der Waals surface area contributed by atoms with Gasteiger partial charge in [-0.15, -0.1) is 0 Å². The normalized spacial score (nSPS) is 13.1. The first-order chi connectivity index (χ1) is 29.0. The zero-order valence-corrected chi connectivity index (χ0v) is 32.5. The molecule has 0 fully saturated rings. The van der Waals surface area contributed by atoms with Gasteiger partial charge in [0, 0.05) is 54.9 Å². The Kier molecular flexibility index (Phi) is 7.20. The molecule has 8 aromatic carbocycles.